The molecule has 7 heteroatoms. The summed E-state index contributed by atoms with van der Waals surface area (Å²) in [5.74, 6) is 0. The standard InChI is InChI=1S/2C3H9N.4O.W/c2*1-4(2)3;;;;;/h2*1-3H3;;;;;/q;;;;2*-1;/p+2. The van der Waals surface area contributed by atoms with Gasteiger partial charge in [0.2, 0.25) is 0 Å². The molecule has 0 bridgehead atoms. The van der Waals surface area contributed by atoms with Gasteiger partial charge in [0.15, 0.2) is 0 Å². The SMILES string of the molecule is C[NH+](C)C.C[NH+](C)C.[O]=[W](=[O])([O-])[O-]. The molecule has 0 unspecified atom stereocenters. The van der Waals surface area contributed by atoms with Crippen LogP contribution in [-0.2, 0) is 23.5 Å². The zero-order valence-electron chi connectivity index (χ0n) is 9.04. The van der Waals surface area contributed by atoms with E-state index >= 15 is 0 Å². The maximum absolute atomic E-state index is 8.65. The molecule has 0 aliphatic carbocycles. The fourth-order valence-electron chi connectivity index (χ4n) is 0. The Balaban J connectivity index is -0.000000117. The summed E-state index contributed by atoms with van der Waals surface area (Å²) in [6.45, 7) is 0. The summed E-state index contributed by atoms with van der Waals surface area (Å²) in [6.07, 6.45) is 0. The van der Waals surface area contributed by atoms with E-state index in [1.54, 1.807) is 0 Å². The van der Waals surface area contributed by atoms with E-state index in [2.05, 4.69) is 42.3 Å². The summed E-state index contributed by atoms with van der Waals surface area (Å²) in [7, 11) is 12.5. The Bertz CT molecular complexity index is 158. The molecule has 0 saturated carbocycles. The molecule has 0 atom stereocenters. The number of quaternary nitrogens is 2. The van der Waals surface area contributed by atoms with E-state index in [1.165, 1.54) is 9.80 Å². The number of rotatable bonds is 0. The van der Waals surface area contributed by atoms with Gasteiger partial charge < -0.3 is 9.80 Å². The summed E-state index contributed by atoms with van der Waals surface area (Å²) < 4.78 is 34.6. The van der Waals surface area contributed by atoms with Crippen LogP contribution in [0.5, 0.6) is 0 Å². The molecule has 0 rings (SSSR count). The van der Waals surface area contributed by atoms with Gasteiger partial charge in [0.05, 0.1) is 42.3 Å². The Morgan fingerprint density at radius 3 is 0.769 bits per heavy atom. The molecule has 0 spiro atoms. The molecule has 2 N–H and O–H groups in total. The molecule has 0 aliphatic rings. The van der Waals surface area contributed by atoms with Gasteiger partial charge in [-0.2, -0.15) is 0 Å². The third-order valence-electron chi connectivity index (χ3n) is 0. The summed E-state index contributed by atoms with van der Waals surface area (Å²) in [5.41, 5.74) is 0. The van der Waals surface area contributed by atoms with Crippen molar-refractivity contribution in [3.05, 3.63) is 0 Å². The van der Waals surface area contributed by atoms with Crippen LogP contribution in [-0.4, -0.2) is 42.3 Å². The Morgan fingerprint density at radius 1 is 0.769 bits per heavy atom. The fraction of sp³-hybridized carbons (Fsp3) is 1.00. The summed E-state index contributed by atoms with van der Waals surface area (Å²) >= 11 is -6.17. The molecule has 0 aliphatic heterocycles. The van der Waals surface area contributed by atoms with Crippen molar-refractivity contribution in [3.8, 4) is 0 Å². The first-order chi connectivity index (χ1) is 5.46. The second-order valence-electron chi connectivity index (χ2n) is 3.41. The molecule has 0 saturated heterocycles. The van der Waals surface area contributed by atoms with Crippen LogP contribution in [0.1, 0.15) is 0 Å². The molecule has 0 aromatic heterocycles. The molecular formula is C6H20N2O4W. The monoisotopic (exact) mass is 368 g/mol. The first-order valence-electron chi connectivity index (χ1n) is 3.67. The van der Waals surface area contributed by atoms with E-state index in [0.29, 0.717) is 0 Å². The van der Waals surface area contributed by atoms with Gasteiger partial charge in [-0.25, -0.2) is 0 Å². The van der Waals surface area contributed by atoms with Crippen LogP contribution in [0.25, 0.3) is 0 Å². The topological polar surface area (TPSA) is 89.1 Å². The molecule has 0 fully saturated rings. The van der Waals surface area contributed by atoms with Crippen molar-refractivity contribution in [1.29, 1.82) is 0 Å². The van der Waals surface area contributed by atoms with Crippen LogP contribution < -0.4 is 17.3 Å². The van der Waals surface area contributed by atoms with Crippen LogP contribution in [0.3, 0.4) is 0 Å². The minimum atomic E-state index is -6.17. The third kappa shape index (κ3) is 75600. The summed E-state index contributed by atoms with van der Waals surface area (Å²) in [6, 6.07) is 0. The van der Waals surface area contributed by atoms with Gasteiger partial charge in [0.25, 0.3) is 0 Å². The third-order valence-corrected chi connectivity index (χ3v) is 0. The number of hydrogen-bond acceptors (Lipinski definition) is 4. The molecule has 0 aromatic rings. The van der Waals surface area contributed by atoms with E-state index in [4.69, 9.17) is 14.3 Å². The zero-order valence-corrected chi connectivity index (χ0v) is 12.0. The van der Waals surface area contributed by atoms with Crippen molar-refractivity contribution < 1.29 is 40.9 Å². The Hall–Kier alpha value is 0.128. The molecule has 6 nitrogen and oxygen atoms in total. The summed E-state index contributed by atoms with van der Waals surface area (Å²) in [4.78, 5) is 2.83. The van der Waals surface area contributed by atoms with Crippen LogP contribution in [0.4, 0.5) is 0 Å². The predicted octanol–water partition coefficient (Wildman–Crippen LogP) is -5.10. The van der Waals surface area contributed by atoms with Crippen molar-refractivity contribution in [1.82, 2.24) is 0 Å². The molecular weight excluding hydrogens is 348 g/mol. The predicted molar refractivity (Wildman–Crippen MR) is 38.8 cm³/mol. The Labute approximate surface area is 83.5 Å². The van der Waals surface area contributed by atoms with E-state index in [-0.39, 0.29) is 0 Å². The normalized spacial score (nSPS) is 10.0. The second kappa shape index (κ2) is 10.2. The fourth-order valence-corrected chi connectivity index (χ4v) is 0. The Kier molecular flexibility index (Phi) is 14.8. The van der Waals surface area contributed by atoms with Gasteiger partial charge in [-0.05, 0) is 0 Å². The van der Waals surface area contributed by atoms with Gasteiger partial charge in [0, 0.05) is 0 Å². The zero-order chi connectivity index (χ0) is 11.7. The van der Waals surface area contributed by atoms with Crippen molar-refractivity contribution in [2.45, 2.75) is 0 Å². The maximum atomic E-state index is 8.65. The van der Waals surface area contributed by atoms with Crippen molar-refractivity contribution in [2.24, 2.45) is 0 Å². The van der Waals surface area contributed by atoms with Crippen LogP contribution in [0.2, 0.25) is 0 Å². The van der Waals surface area contributed by atoms with E-state index < -0.39 is 16.7 Å². The molecule has 84 valence electrons. The van der Waals surface area contributed by atoms with Crippen LogP contribution >= 0.6 is 0 Å². The van der Waals surface area contributed by atoms with Gasteiger partial charge in [-0.1, -0.05) is 0 Å². The van der Waals surface area contributed by atoms with Gasteiger partial charge in [0.1, 0.15) is 0 Å². The average molecular weight is 368 g/mol. The summed E-state index contributed by atoms with van der Waals surface area (Å²) in [5, 5.41) is 0. The minimum absolute atomic E-state index is 1.42. The van der Waals surface area contributed by atoms with Crippen LogP contribution in [0.15, 0.2) is 0 Å². The van der Waals surface area contributed by atoms with Gasteiger partial charge in [-0.3, -0.25) is 0 Å². The molecule has 0 aromatic carbocycles. The average Bonchev–Trinajstić information content (AvgIpc) is 1.50. The quantitative estimate of drug-likeness (QED) is 0.448. The first-order valence-corrected chi connectivity index (χ1v) is 8.46. The molecule has 0 amide bonds. The number of hydrogen-bond donors (Lipinski definition) is 2. The van der Waals surface area contributed by atoms with E-state index in [1.807, 2.05) is 0 Å². The van der Waals surface area contributed by atoms with Crippen molar-refractivity contribution in [2.75, 3.05) is 42.3 Å². The van der Waals surface area contributed by atoms with Crippen molar-refractivity contribution >= 4 is 0 Å². The van der Waals surface area contributed by atoms with Gasteiger partial charge in [-0.15, -0.1) is 0 Å². The second-order valence-corrected chi connectivity index (χ2v) is 6.34. The van der Waals surface area contributed by atoms with Gasteiger partial charge >= 0.3 is 31.1 Å². The van der Waals surface area contributed by atoms with Crippen molar-refractivity contribution in [3.63, 3.8) is 0 Å². The Morgan fingerprint density at radius 2 is 0.769 bits per heavy atom. The molecule has 13 heavy (non-hydrogen) atoms. The van der Waals surface area contributed by atoms with E-state index in [0.717, 1.165) is 0 Å². The first kappa shape index (κ1) is 18.8. The van der Waals surface area contributed by atoms with E-state index in [9.17, 15) is 0 Å². The molecule has 0 radical (unpaired) electrons. The molecule has 0 heterocycles. The number of nitrogens with one attached hydrogen (secondary N) is 2. The van der Waals surface area contributed by atoms with Crippen LogP contribution in [0, 0.1) is 0 Å².